The van der Waals surface area contributed by atoms with Crippen molar-refractivity contribution >= 4 is 11.8 Å². The van der Waals surface area contributed by atoms with Gasteiger partial charge in [0.2, 0.25) is 34.8 Å². The van der Waals surface area contributed by atoms with Crippen LogP contribution in [0, 0.1) is 29.1 Å². The second kappa shape index (κ2) is 7.25. The van der Waals surface area contributed by atoms with E-state index in [-0.39, 0.29) is 5.78 Å². The van der Waals surface area contributed by atoms with Crippen molar-refractivity contribution in [1.82, 2.24) is 4.90 Å². The van der Waals surface area contributed by atoms with Crippen molar-refractivity contribution < 1.29 is 36.3 Å². The van der Waals surface area contributed by atoms with Gasteiger partial charge in [-0.1, -0.05) is 6.42 Å². The number of benzene rings is 1. The lowest BCUT2D eigenvalue weighted by Gasteiger charge is -2.33. The van der Waals surface area contributed by atoms with Crippen LogP contribution in [0.25, 0.3) is 0 Å². The molecule has 9 heteroatoms. The Balaban J connectivity index is 2.17. The van der Waals surface area contributed by atoms with E-state index < -0.39 is 53.4 Å². The highest BCUT2D eigenvalue weighted by Gasteiger charge is 2.31. The third-order valence-corrected chi connectivity index (χ3v) is 3.80. The van der Waals surface area contributed by atoms with Gasteiger partial charge >= 0.3 is 5.97 Å². The molecule has 1 atom stereocenters. The van der Waals surface area contributed by atoms with Crippen LogP contribution < -0.4 is 4.74 Å². The van der Waals surface area contributed by atoms with Gasteiger partial charge in [-0.2, -0.15) is 8.78 Å². The third kappa shape index (κ3) is 3.55. The Hall–Kier alpha value is -2.03. The summed E-state index contributed by atoms with van der Waals surface area (Å²) in [7, 11) is 0. The number of hydrogen-bond acceptors (Lipinski definition) is 4. The standard InChI is InChI=1S/C15H14F5NO3/c1-7(22)8-4-2-3-5-21(8)6-9(23)24-15-13(19)11(17)10(16)12(18)14(15)20/h8H,2-6H2,1H3. The quantitative estimate of drug-likeness (QED) is 0.275. The van der Waals surface area contributed by atoms with Crippen molar-refractivity contribution in [3.63, 3.8) is 0 Å². The van der Waals surface area contributed by atoms with Gasteiger partial charge in [0, 0.05) is 0 Å². The molecule has 0 N–H and O–H groups in total. The number of likely N-dealkylation sites (tertiary alicyclic amines) is 1. The van der Waals surface area contributed by atoms with Crippen molar-refractivity contribution in [2.24, 2.45) is 0 Å². The Kier molecular flexibility index (Phi) is 5.53. The first-order valence-electron chi connectivity index (χ1n) is 7.20. The van der Waals surface area contributed by atoms with E-state index in [1.807, 2.05) is 0 Å². The van der Waals surface area contributed by atoms with Crippen molar-refractivity contribution in [3.8, 4) is 5.75 Å². The summed E-state index contributed by atoms with van der Waals surface area (Å²) in [6, 6.07) is -0.539. The zero-order valence-corrected chi connectivity index (χ0v) is 12.7. The molecule has 0 spiro atoms. The first-order valence-corrected chi connectivity index (χ1v) is 7.20. The molecule has 0 bridgehead atoms. The summed E-state index contributed by atoms with van der Waals surface area (Å²) in [5, 5.41) is 0. The fourth-order valence-corrected chi connectivity index (χ4v) is 2.63. The summed E-state index contributed by atoms with van der Waals surface area (Å²) in [5.41, 5.74) is 0. The Morgan fingerprint density at radius 3 is 2.08 bits per heavy atom. The smallest absolute Gasteiger partial charge is 0.325 e. The summed E-state index contributed by atoms with van der Waals surface area (Å²) in [5.74, 6) is -14.2. The molecular weight excluding hydrogens is 337 g/mol. The van der Waals surface area contributed by atoms with Crippen molar-refractivity contribution in [1.29, 1.82) is 0 Å². The van der Waals surface area contributed by atoms with Gasteiger partial charge in [-0.05, 0) is 26.3 Å². The number of carbonyl (C=O) groups is 2. The maximum atomic E-state index is 13.5. The second-order valence-corrected chi connectivity index (χ2v) is 5.47. The molecule has 1 heterocycles. The monoisotopic (exact) mass is 351 g/mol. The van der Waals surface area contributed by atoms with Crippen molar-refractivity contribution in [3.05, 3.63) is 29.1 Å². The van der Waals surface area contributed by atoms with E-state index >= 15 is 0 Å². The molecule has 1 aliphatic rings. The number of rotatable bonds is 4. The molecule has 1 fully saturated rings. The number of nitrogens with zero attached hydrogens (tertiary/aromatic N) is 1. The molecule has 1 aliphatic heterocycles. The van der Waals surface area contributed by atoms with E-state index in [4.69, 9.17) is 0 Å². The minimum absolute atomic E-state index is 0.182. The molecular formula is C15H14F5NO3. The number of ether oxygens (including phenoxy) is 1. The molecule has 1 saturated heterocycles. The van der Waals surface area contributed by atoms with Gasteiger partial charge in [0.25, 0.3) is 0 Å². The first-order chi connectivity index (χ1) is 11.2. The maximum absolute atomic E-state index is 13.5. The van der Waals surface area contributed by atoms with E-state index in [0.717, 1.165) is 6.42 Å². The fraction of sp³-hybridized carbons (Fsp3) is 0.467. The summed E-state index contributed by atoms with van der Waals surface area (Å²) >= 11 is 0. The van der Waals surface area contributed by atoms with E-state index in [1.54, 1.807) is 0 Å². The topological polar surface area (TPSA) is 46.6 Å². The van der Waals surface area contributed by atoms with Gasteiger partial charge in [0.15, 0.2) is 0 Å². The molecule has 132 valence electrons. The van der Waals surface area contributed by atoms with E-state index in [2.05, 4.69) is 4.74 Å². The Labute approximate surface area is 134 Å². The molecule has 2 rings (SSSR count). The SMILES string of the molecule is CC(=O)C1CCCCN1CC(=O)Oc1c(F)c(F)c(F)c(F)c1F. The Bertz CT molecular complexity index is 651. The van der Waals surface area contributed by atoms with Gasteiger partial charge in [0.05, 0.1) is 12.6 Å². The lowest BCUT2D eigenvalue weighted by molar-refractivity contribution is -0.138. The van der Waals surface area contributed by atoms with Crippen LogP contribution in [-0.2, 0) is 9.59 Å². The summed E-state index contributed by atoms with van der Waals surface area (Å²) < 4.78 is 70.4. The average Bonchev–Trinajstić information content (AvgIpc) is 2.55. The Morgan fingerprint density at radius 2 is 1.54 bits per heavy atom. The number of piperidine rings is 1. The normalized spacial score (nSPS) is 18.5. The Morgan fingerprint density at radius 1 is 1.00 bits per heavy atom. The molecule has 0 aromatic heterocycles. The van der Waals surface area contributed by atoms with Crippen LogP contribution in [0.15, 0.2) is 0 Å². The molecule has 4 nitrogen and oxygen atoms in total. The zero-order valence-electron chi connectivity index (χ0n) is 12.7. The highest BCUT2D eigenvalue weighted by atomic mass is 19.2. The van der Waals surface area contributed by atoms with Gasteiger partial charge in [-0.3, -0.25) is 14.5 Å². The van der Waals surface area contributed by atoms with E-state index in [0.29, 0.717) is 19.4 Å². The lowest BCUT2D eigenvalue weighted by atomic mass is 9.99. The van der Waals surface area contributed by atoms with Crippen LogP contribution in [0.2, 0.25) is 0 Å². The average molecular weight is 351 g/mol. The molecule has 1 aromatic carbocycles. The highest BCUT2D eigenvalue weighted by molar-refractivity contribution is 5.82. The van der Waals surface area contributed by atoms with Crippen LogP contribution in [0.1, 0.15) is 26.2 Å². The van der Waals surface area contributed by atoms with Gasteiger partial charge < -0.3 is 4.74 Å². The molecule has 0 aliphatic carbocycles. The summed E-state index contributed by atoms with van der Waals surface area (Å²) in [4.78, 5) is 24.8. The van der Waals surface area contributed by atoms with E-state index in [1.165, 1.54) is 11.8 Å². The van der Waals surface area contributed by atoms with Gasteiger partial charge in [0.1, 0.15) is 5.78 Å². The zero-order chi connectivity index (χ0) is 18.0. The van der Waals surface area contributed by atoms with Crippen LogP contribution in [0.3, 0.4) is 0 Å². The van der Waals surface area contributed by atoms with Gasteiger partial charge in [-0.25, -0.2) is 13.2 Å². The summed E-state index contributed by atoms with van der Waals surface area (Å²) in [6.45, 7) is 1.23. The van der Waals surface area contributed by atoms with Crippen molar-refractivity contribution in [2.75, 3.05) is 13.1 Å². The van der Waals surface area contributed by atoms with E-state index in [9.17, 15) is 31.5 Å². The highest BCUT2D eigenvalue weighted by Crippen LogP contribution is 2.29. The van der Waals surface area contributed by atoms with Crippen molar-refractivity contribution in [2.45, 2.75) is 32.2 Å². The van der Waals surface area contributed by atoms with Crippen LogP contribution in [0.5, 0.6) is 5.75 Å². The second-order valence-electron chi connectivity index (χ2n) is 5.47. The molecule has 1 unspecified atom stereocenters. The number of halogens is 5. The molecule has 24 heavy (non-hydrogen) atoms. The van der Waals surface area contributed by atoms with Crippen LogP contribution >= 0.6 is 0 Å². The predicted octanol–water partition coefficient (Wildman–Crippen LogP) is 2.73. The van der Waals surface area contributed by atoms with Crippen LogP contribution in [-0.4, -0.2) is 35.8 Å². The predicted molar refractivity (Wildman–Crippen MR) is 71.8 cm³/mol. The summed E-state index contributed by atoms with van der Waals surface area (Å²) in [6.07, 6.45) is 2.01. The lowest BCUT2D eigenvalue weighted by Crippen LogP contribution is -2.47. The number of hydrogen-bond donors (Lipinski definition) is 0. The first kappa shape index (κ1) is 18.3. The van der Waals surface area contributed by atoms with Gasteiger partial charge in [-0.15, -0.1) is 0 Å². The van der Waals surface area contributed by atoms with Crippen LogP contribution in [0.4, 0.5) is 22.0 Å². The number of esters is 1. The minimum atomic E-state index is -2.34. The largest absolute Gasteiger partial charge is 0.419 e. The molecule has 0 amide bonds. The molecule has 0 saturated carbocycles. The number of carbonyl (C=O) groups excluding carboxylic acids is 2. The third-order valence-electron chi connectivity index (χ3n) is 3.80. The number of ketones is 1. The molecule has 0 radical (unpaired) electrons. The maximum Gasteiger partial charge on any atom is 0.325 e. The minimum Gasteiger partial charge on any atom is -0.419 e. The number of Topliss-reactive ketones (excluding diaryl/α,β-unsaturated/α-hetero) is 1. The fourth-order valence-electron chi connectivity index (χ4n) is 2.63. The molecule has 1 aromatic rings.